The van der Waals surface area contributed by atoms with Crippen molar-refractivity contribution >= 4 is 30.7 Å². The first-order chi connectivity index (χ1) is 9.06. The van der Waals surface area contributed by atoms with Crippen molar-refractivity contribution in [1.29, 1.82) is 0 Å². The first kappa shape index (κ1) is 20.2. The lowest BCUT2D eigenvalue weighted by Crippen LogP contribution is -2.43. The maximum absolute atomic E-state index is 12.2. The molecule has 1 saturated heterocycles. The fourth-order valence-electron chi connectivity index (χ4n) is 2.56. The molecule has 21 heavy (non-hydrogen) atoms. The first-order valence-electron chi connectivity index (χ1n) is 7.01. The van der Waals surface area contributed by atoms with Crippen molar-refractivity contribution in [3.63, 3.8) is 0 Å². The van der Waals surface area contributed by atoms with Crippen molar-refractivity contribution in [2.24, 2.45) is 11.7 Å². The molecule has 1 aromatic heterocycles. The quantitative estimate of drug-likeness (QED) is 0.923. The van der Waals surface area contributed by atoms with E-state index >= 15 is 0 Å². The lowest BCUT2D eigenvalue weighted by atomic mass is 9.91. The Hall–Kier alpha value is -0.840. The molecule has 1 atom stereocenters. The standard InChI is InChI=1S/C15H23N3O.2ClH/c1-11-3-4-13(10-17-11)9-15(19)18-7-5-14(6-8-18)12(2)16;;/h3-4,10,12,14H,5-9,16H2,1-2H3;2*1H. The number of likely N-dealkylation sites (tertiary alicyclic amines) is 1. The minimum atomic E-state index is 0. The number of nitrogens with two attached hydrogens (primary N) is 1. The first-order valence-corrected chi connectivity index (χ1v) is 7.01. The molecule has 2 heterocycles. The van der Waals surface area contributed by atoms with Crippen LogP contribution in [0.25, 0.3) is 0 Å². The fourth-order valence-corrected chi connectivity index (χ4v) is 2.56. The number of piperidine rings is 1. The predicted octanol–water partition coefficient (Wildman–Crippen LogP) is 2.36. The summed E-state index contributed by atoms with van der Waals surface area (Å²) in [6, 6.07) is 4.17. The van der Waals surface area contributed by atoms with Crippen LogP contribution >= 0.6 is 24.8 Å². The van der Waals surface area contributed by atoms with Crippen LogP contribution in [0, 0.1) is 12.8 Å². The summed E-state index contributed by atoms with van der Waals surface area (Å²) in [7, 11) is 0. The molecule has 0 saturated carbocycles. The lowest BCUT2D eigenvalue weighted by molar-refractivity contribution is -0.131. The Morgan fingerprint density at radius 1 is 1.38 bits per heavy atom. The third-order valence-electron chi connectivity index (χ3n) is 3.96. The Balaban J connectivity index is 0.00000200. The molecule has 6 heteroatoms. The van der Waals surface area contributed by atoms with Crippen LogP contribution in [0.2, 0.25) is 0 Å². The summed E-state index contributed by atoms with van der Waals surface area (Å²) in [5.74, 6) is 0.763. The number of rotatable bonds is 3. The number of hydrogen-bond donors (Lipinski definition) is 1. The maximum Gasteiger partial charge on any atom is 0.227 e. The van der Waals surface area contributed by atoms with Gasteiger partial charge >= 0.3 is 0 Å². The number of amides is 1. The summed E-state index contributed by atoms with van der Waals surface area (Å²) in [6.07, 6.45) is 4.29. The van der Waals surface area contributed by atoms with Crippen molar-refractivity contribution in [3.8, 4) is 0 Å². The van der Waals surface area contributed by atoms with Gasteiger partial charge in [0.15, 0.2) is 0 Å². The van der Waals surface area contributed by atoms with E-state index < -0.39 is 0 Å². The molecule has 1 aliphatic heterocycles. The van der Waals surface area contributed by atoms with E-state index in [2.05, 4.69) is 11.9 Å². The van der Waals surface area contributed by atoms with Crippen molar-refractivity contribution in [2.45, 2.75) is 39.2 Å². The molecular weight excluding hydrogens is 309 g/mol. The Kier molecular flexibility index (Phi) is 8.86. The maximum atomic E-state index is 12.2. The fraction of sp³-hybridized carbons (Fsp3) is 0.600. The van der Waals surface area contributed by atoms with Gasteiger partial charge in [0.2, 0.25) is 5.91 Å². The van der Waals surface area contributed by atoms with Gasteiger partial charge in [-0.05, 0) is 44.2 Å². The van der Waals surface area contributed by atoms with Gasteiger partial charge in [-0.25, -0.2) is 0 Å². The Morgan fingerprint density at radius 2 is 2.00 bits per heavy atom. The second-order valence-corrected chi connectivity index (χ2v) is 5.56. The van der Waals surface area contributed by atoms with Crippen LogP contribution in [0.5, 0.6) is 0 Å². The molecule has 120 valence electrons. The molecule has 1 aliphatic rings. The Labute approximate surface area is 139 Å². The second-order valence-electron chi connectivity index (χ2n) is 5.56. The van der Waals surface area contributed by atoms with Crippen LogP contribution in [-0.4, -0.2) is 34.9 Å². The van der Waals surface area contributed by atoms with Gasteiger partial charge in [0.1, 0.15) is 0 Å². The van der Waals surface area contributed by atoms with Gasteiger partial charge in [-0.2, -0.15) is 0 Å². The molecule has 1 aromatic rings. The summed E-state index contributed by atoms with van der Waals surface area (Å²) in [5.41, 5.74) is 7.89. The molecule has 2 N–H and O–H groups in total. The van der Waals surface area contributed by atoms with E-state index in [9.17, 15) is 4.79 Å². The highest BCUT2D eigenvalue weighted by atomic mass is 35.5. The zero-order valence-corrected chi connectivity index (χ0v) is 14.3. The zero-order chi connectivity index (χ0) is 13.8. The van der Waals surface area contributed by atoms with Crippen LogP contribution in [0.1, 0.15) is 31.0 Å². The highest BCUT2D eigenvalue weighted by Crippen LogP contribution is 2.20. The zero-order valence-electron chi connectivity index (χ0n) is 12.6. The largest absolute Gasteiger partial charge is 0.342 e. The van der Waals surface area contributed by atoms with E-state index in [-0.39, 0.29) is 36.8 Å². The summed E-state index contributed by atoms with van der Waals surface area (Å²) in [6.45, 7) is 5.68. The van der Waals surface area contributed by atoms with Crippen molar-refractivity contribution < 1.29 is 4.79 Å². The molecule has 0 aromatic carbocycles. The van der Waals surface area contributed by atoms with Gasteiger partial charge in [0.25, 0.3) is 0 Å². The molecule has 0 bridgehead atoms. The summed E-state index contributed by atoms with van der Waals surface area (Å²) in [4.78, 5) is 18.4. The van der Waals surface area contributed by atoms with E-state index in [1.807, 2.05) is 24.0 Å². The average molecular weight is 334 g/mol. The highest BCUT2D eigenvalue weighted by molar-refractivity contribution is 5.85. The average Bonchev–Trinajstić information content (AvgIpc) is 2.41. The second kappa shape index (κ2) is 9.23. The van der Waals surface area contributed by atoms with E-state index in [0.717, 1.165) is 37.2 Å². The van der Waals surface area contributed by atoms with Crippen LogP contribution < -0.4 is 5.73 Å². The number of halogens is 2. The molecule has 0 aliphatic carbocycles. The van der Waals surface area contributed by atoms with E-state index in [4.69, 9.17) is 5.73 Å². The number of pyridine rings is 1. The van der Waals surface area contributed by atoms with Gasteiger partial charge in [-0.15, -0.1) is 24.8 Å². The van der Waals surface area contributed by atoms with Crippen molar-refractivity contribution in [3.05, 3.63) is 29.6 Å². The SMILES string of the molecule is Cc1ccc(CC(=O)N2CCC(C(C)N)CC2)cn1.Cl.Cl. The monoisotopic (exact) mass is 333 g/mol. The summed E-state index contributed by atoms with van der Waals surface area (Å²) in [5, 5.41) is 0. The number of aryl methyl sites for hydroxylation is 1. The normalized spacial score (nSPS) is 16.6. The van der Waals surface area contributed by atoms with Gasteiger partial charge in [0, 0.05) is 31.0 Å². The van der Waals surface area contributed by atoms with Crippen LogP contribution in [-0.2, 0) is 11.2 Å². The predicted molar refractivity (Wildman–Crippen MR) is 90.1 cm³/mol. The van der Waals surface area contributed by atoms with Gasteiger partial charge < -0.3 is 10.6 Å². The van der Waals surface area contributed by atoms with Gasteiger partial charge in [0.05, 0.1) is 6.42 Å². The summed E-state index contributed by atoms with van der Waals surface area (Å²) >= 11 is 0. The summed E-state index contributed by atoms with van der Waals surface area (Å²) < 4.78 is 0. The lowest BCUT2D eigenvalue weighted by Gasteiger charge is -2.33. The molecule has 1 amide bonds. The Bertz CT molecular complexity index is 429. The van der Waals surface area contributed by atoms with Crippen LogP contribution in [0.4, 0.5) is 0 Å². The number of aromatic nitrogens is 1. The molecule has 1 unspecified atom stereocenters. The Morgan fingerprint density at radius 3 is 2.48 bits per heavy atom. The smallest absolute Gasteiger partial charge is 0.227 e. The van der Waals surface area contributed by atoms with Crippen LogP contribution in [0.3, 0.4) is 0 Å². The van der Waals surface area contributed by atoms with E-state index in [1.165, 1.54) is 0 Å². The minimum absolute atomic E-state index is 0. The molecule has 0 radical (unpaired) electrons. The molecule has 2 rings (SSSR count). The van der Waals surface area contributed by atoms with E-state index in [0.29, 0.717) is 12.3 Å². The third-order valence-corrected chi connectivity index (χ3v) is 3.96. The topological polar surface area (TPSA) is 59.2 Å². The number of hydrogen-bond acceptors (Lipinski definition) is 3. The molecule has 1 fully saturated rings. The highest BCUT2D eigenvalue weighted by Gasteiger charge is 2.24. The number of carbonyl (C=O) groups is 1. The van der Waals surface area contributed by atoms with E-state index in [1.54, 1.807) is 6.20 Å². The van der Waals surface area contributed by atoms with Gasteiger partial charge in [-0.3, -0.25) is 9.78 Å². The van der Waals surface area contributed by atoms with Crippen molar-refractivity contribution in [2.75, 3.05) is 13.1 Å². The minimum Gasteiger partial charge on any atom is -0.342 e. The van der Waals surface area contributed by atoms with Gasteiger partial charge in [-0.1, -0.05) is 6.07 Å². The number of nitrogens with zero attached hydrogens (tertiary/aromatic N) is 2. The third kappa shape index (κ3) is 5.81. The van der Waals surface area contributed by atoms with Crippen molar-refractivity contribution in [1.82, 2.24) is 9.88 Å². The molecular formula is C15H25Cl2N3O. The molecule has 4 nitrogen and oxygen atoms in total. The number of carbonyl (C=O) groups excluding carboxylic acids is 1. The molecule has 0 spiro atoms. The van der Waals surface area contributed by atoms with Crippen LogP contribution in [0.15, 0.2) is 18.3 Å².